The van der Waals surface area contributed by atoms with E-state index in [0.717, 1.165) is 29.3 Å². The fourth-order valence-corrected chi connectivity index (χ4v) is 3.91. The van der Waals surface area contributed by atoms with Gasteiger partial charge >= 0.3 is 0 Å². The molecule has 4 rings (SSSR count). The molecule has 2 heterocycles. The Bertz CT molecular complexity index is 981. The lowest BCUT2D eigenvalue weighted by atomic mass is 9.96. The molecule has 1 atom stereocenters. The number of H-pyrrole nitrogens is 1. The lowest BCUT2D eigenvalue weighted by molar-refractivity contribution is -0.126. The molecule has 28 heavy (non-hydrogen) atoms. The van der Waals surface area contributed by atoms with Crippen molar-refractivity contribution in [2.75, 3.05) is 13.1 Å². The number of carbonyl (C=O) groups is 2. The van der Waals surface area contributed by atoms with Crippen LogP contribution in [0, 0.1) is 5.92 Å². The van der Waals surface area contributed by atoms with Gasteiger partial charge in [0.05, 0.1) is 5.92 Å². The summed E-state index contributed by atoms with van der Waals surface area (Å²) in [5, 5.41) is 4.61. The second-order valence-electron chi connectivity index (χ2n) is 7.17. The first-order valence-electron chi connectivity index (χ1n) is 9.50. The van der Waals surface area contributed by atoms with Crippen LogP contribution in [0.2, 0.25) is 5.02 Å². The number of nitrogens with zero attached hydrogens (tertiary/aromatic N) is 1. The molecular formula is C22H22ClN3O2. The molecule has 0 bridgehead atoms. The summed E-state index contributed by atoms with van der Waals surface area (Å²) in [4.78, 5) is 30.5. The van der Waals surface area contributed by atoms with Gasteiger partial charge in [0.15, 0.2) is 0 Å². The molecule has 3 aromatic rings. The molecule has 0 spiro atoms. The summed E-state index contributed by atoms with van der Waals surface area (Å²) in [6.45, 7) is 1.50. The third kappa shape index (κ3) is 3.90. The number of hydrogen-bond acceptors (Lipinski definition) is 2. The summed E-state index contributed by atoms with van der Waals surface area (Å²) in [6.07, 6.45) is 1.60. The summed E-state index contributed by atoms with van der Waals surface area (Å²) in [7, 11) is 0. The molecular weight excluding hydrogens is 374 g/mol. The number of amides is 2. The number of rotatable bonds is 4. The number of piperidine rings is 1. The number of benzene rings is 2. The molecule has 5 nitrogen and oxygen atoms in total. The van der Waals surface area contributed by atoms with Gasteiger partial charge in [0.2, 0.25) is 5.91 Å². The average molecular weight is 396 g/mol. The first-order chi connectivity index (χ1) is 13.6. The Hall–Kier alpha value is -2.79. The first kappa shape index (κ1) is 18.6. The normalized spacial score (nSPS) is 16.9. The predicted octanol–water partition coefficient (Wildman–Crippen LogP) is 3.99. The van der Waals surface area contributed by atoms with E-state index in [0.29, 0.717) is 30.4 Å². The second-order valence-corrected chi connectivity index (χ2v) is 7.58. The lowest BCUT2D eigenvalue weighted by Gasteiger charge is -2.31. The van der Waals surface area contributed by atoms with Crippen LogP contribution in [0.15, 0.2) is 54.6 Å². The van der Waals surface area contributed by atoms with E-state index in [1.807, 2.05) is 54.6 Å². The molecule has 1 aliphatic rings. The number of carbonyl (C=O) groups excluding carboxylic acids is 2. The highest BCUT2D eigenvalue weighted by Crippen LogP contribution is 2.22. The van der Waals surface area contributed by atoms with Gasteiger partial charge in [-0.05, 0) is 36.6 Å². The van der Waals surface area contributed by atoms with Crippen LogP contribution >= 0.6 is 11.6 Å². The van der Waals surface area contributed by atoms with Gasteiger partial charge in [0.1, 0.15) is 5.69 Å². The summed E-state index contributed by atoms with van der Waals surface area (Å²) in [5.74, 6) is -0.293. The third-order valence-electron chi connectivity index (χ3n) is 5.25. The molecule has 0 aliphatic carbocycles. The Morgan fingerprint density at radius 3 is 2.75 bits per heavy atom. The number of likely N-dealkylation sites (tertiary alicyclic amines) is 1. The minimum Gasteiger partial charge on any atom is -0.352 e. The third-order valence-corrected chi connectivity index (χ3v) is 5.62. The number of fused-ring (bicyclic) bond motifs is 1. The minimum atomic E-state index is -0.204. The zero-order valence-corrected chi connectivity index (χ0v) is 16.2. The van der Waals surface area contributed by atoms with Crippen LogP contribution in [0.25, 0.3) is 10.9 Å². The standard InChI is InChI=1S/C22H22ClN3O2/c23-18-9-3-1-7-16(18)13-24-21(27)17-8-5-11-26(14-17)22(28)20-12-15-6-2-4-10-19(15)25-20/h1-4,6-7,9-10,12,17,25H,5,8,11,13-14H2,(H,24,27)/t17-/m0/s1. The fraction of sp³-hybridized carbons (Fsp3) is 0.273. The molecule has 1 fully saturated rings. The van der Waals surface area contributed by atoms with Crippen LogP contribution < -0.4 is 5.32 Å². The monoisotopic (exact) mass is 395 g/mol. The maximum absolute atomic E-state index is 12.9. The number of nitrogens with one attached hydrogen (secondary N) is 2. The molecule has 2 aromatic carbocycles. The maximum atomic E-state index is 12.9. The van der Waals surface area contributed by atoms with Gasteiger partial charge in [-0.25, -0.2) is 0 Å². The Morgan fingerprint density at radius 1 is 1.14 bits per heavy atom. The summed E-state index contributed by atoms with van der Waals surface area (Å²) < 4.78 is 0. The largest absolute Gasteiger partial charge is 0.352 e. The van der Waals surface area contributed by atoms with Crippen molar-refractivity contribution in [3.05, 3.63) is 70.9 Å². The number of aromatic amines is 1. The lowest BCUT2D eigenvalue weighted by Crippen LogP contribution is -2.45. The topological polar surface area (TPSA) is 65.2 Å². The SMILES string of the molecule is O=C(NCc1ccccc1Cl)[C@H]1CCCN(C(=O)c2cc3ccccc3[nH]2)C1. The van der Waals surface area contributed by atoms with Crippen LogP contribution in [-0.4, -0.2) is 34.8 Å². The van der Waals surface area contributed by atoms with Crippen molar-refractivity contribution in [2.45, 2.75) is 19.4 Å². The van der Waals surface area contributed by atoms with Crippen LogP contribution in [-0.2, 0) is 11.3 Å². The van der Waals surface area contributed by atoms with Gasteiger partial charge in [-0.2, -0.15) is 0 Å². The van der Waals surface area contributed by atoms with Crippen molar-refractivity contribution in [1.82, 2.24) is 15.2 Å². The highest BCUT2D eigenvalue weighted by molar-refractivity contribution is 6.31. The molecule has 0 radical (unpaired) electrons. The summed E-state index contributed by atoms with van der Waals surface area (Å²) in [5.41, 5.74) is 2.40. The molecule has 6 heteroatoms. The van der Waals surface area contributed by atoms with Crippen LogP contribution in [0.1, 0.15) is 28.9 Å². The Balaban J connectivity index is 1.40. The van der Waals surface area contributed by atoms with Gasteiger partial charge in [0.25, 0.3) is 5.91 Å². The Morgan fingerprint density at radius 2 is 1.93 bits per heavy atom. The number of hydrogen-bond donors (Lipinski definition) is 2. The van der Waals surface area contributed by atoms with E-state index in [1.165, 1.54) is 0 Å². The second kappa shape index (κ2) is 8.07. The van der Waals surface area contributed by atoms with Gasteiger partial charge in [-0.3, -0.25) is 9.59 Å². The van der Waals surface area contributed by atoms with E-state index in [2.05, 4.69) is 10.3 Å². The van der Waals surface area contributed by atoms with Gasteiger partial charge in [0, 0.05) is 35.6 Å². The van der Waals surface area contributed by atoms with E-state index >= 15 is 0 Å². The zero-order chi connectivity index (χ0) is 19.5. The van der Waals surface area contributed by atoms with E-state index < -0.39 is 0 Å². The fourth-order valence-electron chi connectivity index (χ4n) is 3.70. The van der Waals surface area contributed by atoms with Gasteiger partial charge in [-0.15, -0.1) is 0 Å². The van der Waals surface area contributed by atoms with E-state index in [-0.39, 0.29) is 17.7 Å². The first-order valence-corrected chi connectivity index (χ1v) is 9.88. The highest BCUT2D eigenvalue weighted by Gasteiger charge is 2.29. The Kier molecular flexibility index (Phi) is 5.35. The summed E-state index contributed by atoms with van der Waals surface area (Å²) >= 11 is 6.15. The average Bonchev–Trinajstić information content (AvgIpc) is 3.17. The quantitative estimate of drug-likeness (QED) is 0.701. The van der Waals surface area contributed by atoms with Gasteiger partial charge < -0.3 is 15.2 Å². The van der Waals surface area contributed by atoms with E-state index in [9.17, 15) is 9.59 Å². The van der Waals surface area contributed by atoms with Crippen molar-refractivity contribution in [1.29, 1.82) is 0 Å². The smallest absolute Gasteiger partial charge is 0.270 e. The number of aromatic nitrogens is 1. The highest BCUT2D eigenvalue weighted by atomic mass is 35.5. The van der Waals surface area contributed by atoms with Crippen molar-refractivity contribution >= 4 is 34.3 Å². The summed E-state index contributed by atoms with van der Waals surface area (Å²) in [6, 6.07) is 17.2. The molecule has 1 aliphatic heterocycles. The van der Waals surface area contributed by atoms with Crippen molar-refractivity contribution in [3.8, 4) is 0 Å². The predicted molar refractivity (Wildman–Crippen MR) is 110 cm³/mol. The molecule has 0 saturated carbocycles. The zero-order valence-electron chi connectivity index (χ0n) is 15.5. The van der Waals surface area contributed by atoms with Crippen molar-refractivity contribution in [3.63, 3.8) is 0 Å². The van der Waals surface area contributed by atoms with E-state index in [1.54, 1.807) is 4.90 Å². The molecule has 0 unspecified atom stereocenters. The molecule has 2 N–H and O–H groups in total. The Labute approximate surface area is 168 Å². The molecule has 1 saturated heterocycles. The maximum Gasteiger partial charge on any atom is 0.270 e. The molecule has 144 valence electrons. The van der Waals surface area contributed by atoms with Crippen molar-refractivity contribution in [2.24, 2.45) is 5.92 Å². The molecule has 2 amide bonds. The van der Waals surface area contributed by atoms with Crippen molar-refractivity contribution < 1.29 is 9.59 Å². The van der Waals surface area contributed by atoms with Gasteiger partial charge in [-0.1, -0.05) is 48.0 Å². The minimum absolute atomic E-state index is 0.0333. The van der Waals surface area contributed by atoms with E-state index in [4.69, 9.17) is 11.6 Å². The van der Waals surface area contributed by atoms with Crippen LogP contribution in [0.4, 0.5) is 0 Å². The number of para-hydroxylation sites is 1. The number of halogens is 1. The van der Waals surface area contributed by atoms with Crippen LogP contribution in [0.3, 0.4) is 0 Å². The van der Waals surface area contributed by atoms with Crippen LogP contribution in [0.5, 0.6) is 0 Å². The molecule has 1 aromatic heterocycles.